The largest absolute Gasteiger partial charge is 0.341 e. The first kappa shape index (κ1) is 13.0. The fourth-order valence-electron chi connectivity index (χ4n) is 2.49. The summed E-state index contributed by atoms with van der Waals surface area (Å²) in [5.41, 5.74) is 6.16. The van der Waals surface area contributed by atoms with Gasteiger partial charge in [0.05, 0.1) is 5.41 Å². The van der Waals surface area contributed by atoms with Crippen LogP contribution in [0.5, 0.6) is 0 Å². The van der Waals surface area contributed by atoms with Crippen LogP contribution in [0.2, 0.25) is 0 Å². The zero-order chi connectivity index (χ0) is 13.2. The molecular formula is C14H19FN2O. The lowest BCUT2D eigenvalue weighted by Gasteiger charge is -2.41. The second-order valence-corrected chi connectivity index (χ2v) is 5.13. The number of hydrogen-bond donors (Lipinski definition) is 1. The lowest BCUT2D eigenvalue weighted by molar-refractivity contribution is -0.145. The van der Waals surface area contributed by atoms with Gasteiger partial charge in [-0.25, -0.2) is 4.39 Å². The van der Waals surface area contributed by atoms with Gasteiger partial charge in [-0.15, -0.1) is 0 Å². The van der Waals surface area contributed by atoms with Crippen molar-refractivity contribution in [1.29, 1.82) is 0 Å². The highest BCUT2D eigenvalue weighted by molar-refractivity contribution is 5.83. The lowest BCUT2D eigenvalue weighted by Crippen LogP contribution is -2.50. The van der Waals surface area contributed by atoms with E-state index in [1.165, 1.54) is 12.1 Å². The first-order valence-electron chi connectivity index (χ1n) is 6.27. The molecule has 2 rings (SSSR count). The Morgan fingerprint density at radius 3 is 2.72 bits per heavy atom. The van der Waals surface area contributed by atoms with Crippen LogP contribution in [0.3, 0.4) is 0 Å². The smallest absolute Gasteiger partial charge is 0.230 e. The van der Waals surface area contributed by atoms with Crippen LogP contribution in [0, 0.1) is 11.2 Å². The van der Waals surface area contributed by atoms with Crippen LogP contribution in [-0.4, -0.2) is 24.4 Å². The minimum Gasteiger partial charge on any atom is -0.341 e. The summed E-state index contributed by atoms with van der Waals surface area (Å²) in [4.78, 5) is 14.0. The van der Waals surface area contributed by atoms with E-state index in [1.807, 2.05) is 6.07 Å². The van der Waals surface area contributed by atoms with Crippen LogP contribution < -0.4 is 5.73 Å². The summed E-state index contributed by atoms with van der Waals surface area (Å²) in [7, 11) is 1.75. The molecule has 0 bridgehead atoms. The number of hydrogen-bond acceptors (Lipinski definition) is 2. The third-order valence-electron chi connectivity index (χ3n) is 3.81. The molecule has 0 aliphatic heterocycles. The summed E-state index contributed by atoms with van der Waals surface area (Å²) >= 11 is 0. The second kappa shape index (κ2) is 5.06. The Morgan fingerprint density at radius 1 is 1.50 bits per heavy atom. The number of halogens is 1. The summed E-state index contributed by atoms with van der Waals surface area (Å²) in [6.07, 6.45) is 2.81. The van der Waals surface area contributed by atoms with Gasteiger partial charge in [0, 0.05) is 20.1 Å². The van der Waals surface area contributed by atoms with Gasteiger partial charge < -0.3 is 10.6 Å². The van der Waals surface area contributed by atoms with E-state index < -0.39 is 0 Å². The van der Waals surface area contributed by atoms with E-state index >= 15 is 0 Å². The maximum absolute atomic E-state index is 13.1. The molecule has 1 aliphatic carbocycles. The van der Waals surface area contributed by atoms with Crippen molar-refractivity contribution in [3.8, 4) is 0 Å². The van der Waals surface area contributed by atoms with E-state index in [1.54, 1.807) is 18.0 Å². The first-order valence-corrected chi connectivity index (χ1v) is 6.27. The fraction of sp³-hybridized carbons (Fsp3) is 0.500. The summed E-state index contributed by atoms with van der Waals surface area (Å²) in [6.45, 7) is 0.831. The molecule has 1 aliphatic rings. The molecule has 0 saturated heterocycles. The molecular weight excluding hydrogens is 231 g/mol. The monoisotopic (exact) mass is 250 g/mol. The molecule has 0 heterocycles. The van der Waals surface area contributed by atoms with E-state index in [0.29, 0.717) is 13.1 Å². The number of rotatable bonds is 4. The molecule has 0 atom stereocenters. The van der Waals surface area contributed by atoms with Gasteiger partial charge in [0.25, 0.3) is 0 Å². The van der Waals surface area contributed by atoms with E-state index in [4.69, 9.17) is 5.73 Å². The molecule has 0 spiro atoms. The topological polar surface area (TPSA) is 46.3 Å². The predicted octanol–water partition coefficient (Wildman–Crippen LogP) is 1.91. The Kier molecular flexibility index (Phi) is 3.66. The molecule has 1 aromatic carbocycles. The third-order valence-corrected chi connectivity index (χ3v) is 3.81. The molecule has 98 valence electrons. The van der Waals surface area contributed by atoms with Crippen molar-refractivity contribution in [1.82, 2.24) is 4.90 Å². The number of carbonyl (C=O) groups excluding carboxylic acids is 1. The molecule has 18 heavy (non-hydrogen) atoms. The summed E-state index contributed by atoms with van der Waals surface area (Å²) < 4.78 is 13.1. The van der Waals surface area contributed by atoms with Gasteiger partial charge in [-0.05, 0) is 30.5 Å². The van der Waals surface area contributed by atoms with Gasteiger partial charge in [0.2, 0.25) is 5.91 Å². The molecule has 0 radical (unpaired) electrons. The molecule has 0 aromatic heterocycles. The van der Waals surface area contributed by atoms with E-state index in [0.717, 1.165) is 24.8 Å². The highest BCUT2D eigenvalue weighted by atomic mass is 19.1. The van der Waals surface area contributed by atoms with Crippen LogP contribution in [-0.2, 0) is 11.3 Å². The molecule has 1 amide bonds. The van der Waals surface area contributed by atoms with Crippen LogP contribution >= 0.6 is 0 Å². The minimum atomic E-state index is -0.359. The number of nitrogens with zero attached hydrogens (tertiary/aromatic N) is 1. The van der Waals surface area contributed by atoms with Crippen molar-refractivity contribution in [2.45, 2.75) is 25.8 Å². The van der Waals surface area contributed by atoms with Crippen molar-refractivity contribution in [3.05, 3.63) is 35.6 Å². The zero-order valence-electron chi connectivity index (χ0n) is 10.7. The predicted molar refractivity (Wildman–Crippen MR) is 68.2 cm³/mol. The van der Waals surface area contributed by atoms with E-state index in [-0.39, 0.29) is 17.1 Å². The minimum absolute atomic E-state index is 0.0838. The average molecular weight is 250 g/mol. The van der Waals surface area contributed by atoms with Crippen LogP contribution in [0.4, 0.5) is 4.39 Å². The standard InChI is InChI=1S/C14H19FN2O/c1-17(9-11-4-2-5-12(15)8-11)13(18)14(10-16)6-3-7-14/h2,4-5,8H,3,6-7,9-10,16H2,1H3. The Hall–Kier alpha value is -1.42. The quantitative estimate of drug-likeness (QED) is 0.887. The molecule has 0 unspecified atom stereocenters. The Balaban J connectivity index is 2.03. The van der Waals surface area contributed by atoms with Crippen LogP contribution in [0.25, 0.3) is 0 Å². The van der Waals surface area contributed by atoms with Crippen molar-refractivity contribution in [3.63, 3.8) is 0 Å². The molecule has 2 N–H and O–H groups in total. The van der Waals surface area contributed by atoms with Crippen LogP contribution in [0.1, 0.15) is 24.8 Å². The Morgan fingerprint density at radius 2 is 2.22 bits per heavy atom. The Labute approximate surface area is 107 Å². The Bertz CT molecular complexity index is 438. The molecule has 1 fully saturated rings. The maximum atomic E-state index is 13.1. The summed E-state index contributed by atoms with van der Waals surface area (Å²) in [6, 6.07) is 6.34. The van der Waals surface area contributed by atoms with Crippen LogP contribution in [0.15, 0.2) is 24.3 Å². The van der Waals surface area contributed by atoms with Crippen molar-refractivity contribution < 1.29 is 9.18 Å². The molecule has 3 nitrogen and oxygen atoms in total. The zero-order valence-corrected chi connectivity index (χ0v) is 10.7. The SMILES string of the molecule is CN(Cc1cccc(F)c1)C(=O)C1(CN)CCC1. The van der Waals surface area contributed by atoms with Crippen molar-refractivity contribution in [2.75, 3.05) is 13.6 Å². The van der Waals surface area contributed by atoms with Crippen molar-refractivity contribution in [2.24, 2.45) is 11.1 Å². The number of nitrogens with two attached hydrogens (primary N) is 1. The van der Waals surface area contributed by atoms with E-state index in [9.17, 15) is 9.18 Å². The van der Waals surface area contributed by atoms with Gasteiger partial charge >= 0.3 is 0 Å². The summed E-state index contributed by atoms with van der Waals surface area (Å²) in [5, 5.41) is 0. The number of benzene rings is 1. The van der Waals surface area contributed by atoms with Gasteiger partial charge in [-0.3, -0.25) is 4.79 Å². The third kappa shape index (κ3) is 2.38. The number of carbonyl (C=O) groups is 1. The number of amides is 1. The van der Waals surface area contributed by atoms with Gasteiger partial charge in [-0.1, -0.05) is 18.6 Å². The first-order chi connectivity index (χ1) is 8.57. The molecule has 1 saturated carbocycles. The fourth-order valence-corrected chi connectivity index (χ4v) is 2.49. The summed E-state index contributed by atoms with van der Waals surface area (Å²) in [5.74, 6) is -0.189. The highest BCUT2D eigenvalue weighted by Gasteiger charge is 2.44. The van der Waals surface area contributed by atoms with E-state index in [2.05, 4.69) is 0 Å². The molecule has 1 aromatic rings. The maximum Gasteiger partial charge on any atom is 0.230 e. The van der Waals surface area contributed by atoms with Gasteiger partial charge in [-0.2, -0.15) is 0 Å². The van der Waals surface area contributed by atoms with Crippen molar-refractivity contribution >= 4 is 5.91 Å². The molecule has 4 heteroatoms. The highest BCUT2D eigenvalue weighted by Crippen LogP contribution is 2.41. The normalized spacial score (nSPS) is 17.1. The van der Waals surface area contributed by atoms with Gasteiger partial charge in [0.15, 0.2) is 0 Å². The average Bonchev–Trinajstić information content (AvgIpc) is 2.28. The lowest BCUT2D eigenvalue weighted by atomic mass is 9.68. The second-order valence-electron chi connectivity index (χ2n) is 5.13. The van der Waals surface area contributed by atoms with Gasteiger partial charge in [0.1, 0.15) is 5.82 Å².